The number of anilines is 1. The number of carboxylic acid groups (broad SMARTS) is 1. The highest BCUT2D eigenvalue weighted by Gasteiger charge is 2.25. The third-order valence-corrected chi connectivity index (χ3v) is 5.01. The van der Waals surface area contributed by atoms with Crippen molar-refractivity contribution in [2.45, 2.75) is 44.8 Å². The third-order valence-electron chi connectivity index (χ3n) is 5.01. The van der Waals surface area contributed by atoms with Crippen LogP contribution < -0.4 is 10.5 Å². The molecule has 0 unspecified atom stereocenters. The molecule has 3 N–H and O–H groups in total. The number of rotatable bonds is 3. The van der Waals surface area contributed by atoms with Crippen molar-refractivity contribution in [2.75, 3.05) is 12.3 Å². The molecule has 1 fully saturated rings. The normalized spacial score (nSPS) is 15.7. The molecule has 28 heavy (non-hydrogen) atoms. The highest BCUT2D eigenvalue weighted by molar-refractivity contribution is 5.82. The van der Waals surface area contributed by atoms with E-state index < -0.39 is 0 Å². The van der Waals surface area contributed by atoms with Crippen molar-refractivity contribution in [3.05, 3.63) is 41.1 Å². The topological polar surface area (TPSA) is 118 Å². The zero-order valence-corrected chi connectivity index (χ0v) is 15.6. The Kier molecular flexibility index (Phi) is 6.45. The summed E-state index contributed by atoms with van der Waals surface area (Å²) in [5, 5.41) is 16.6. The van der Waals surface area contributed by atoms with Crippen LogP contribution in [0.3, 0.4) is 0 Å². The van der Waals surface area contributed by atoms with Gasteiger partial charge in [-0.25, -0.2) is 4.98 Å². The molecule has 1 aromatic carbocycles. The quantitative estimate of drug-likeness (QED) is 0.783. The number of pyridine rings is 1. The van der Waals surface area contributed by atoms with E-state index in [1.54, 1.807) is 0 Å². The standard InChI is InChI=1S/C20H21N3O2.CH2O2/c21-11-15-19(16-12-24-10-9-17(16)23-20(15)22)14-7-3-4-8-18(14)25-13-5-1-2-6-13;2-1-3/h3-4,7-8,13H,1-2,5-6,9-10,12H2,(H2,22,23);1H,(H,2,3). The van der Waals surface area contributed by atoms with E-state index in [9.17, 15) is 5.26 Å². The van der Waals surface area contributed by atoms with E-state index in [0.717, 1.165) is 41.0 Å². The number of carbonyl (C=O) groups is 1. The Hall–Kier alpha value is -3.11. The van der Waals surface area contributed by atoms with Gasteiger partial charge in [-0.15, -0.1) is 0 Å². The Morgan fingerprint density at radius 3 is 2.75 bits per heavy atom. The molecule has 0 bridgehead atoms. The number of benzene rings is 1. The zero-order chi connectivity index (χ0) is 19.9. The van der Waals surface area contributed by atoms with Gasteiger partial charge in [-0.3, -0.25) is 4.79 Å². The Labute approximate surface area is 163 Å². The summed E-state index contributed by atoms with van der Waals surface area (Å²) in [6.45, 7) is 0.829. The summed E-state index contributed by atoms with van der Waals surface area (Å²) in [6, 6.07) is 10.1. The number of aromatic nitrogens is 1. The third kappa shape index (κ3) is 4.07. The van der Waals surface area contributed by atoms with E-state index in [2.05, 4.69) is 11.1 Å². The molecule has 1 aliphatic heterocycles. The number of para-hydroxylation sites is 1. The van der Waals surface area contributed by atoms with Crippen molar-refractivity contribution in [3.8, 4) is 22.9 Å². The molecule has 1 aromatic heterocycles. The summed E-state index contributed by atoms with van der Waals surface area (Å²) in [5.74, 6) is 1.10. The van der Waals surface area contributed by atoms with E-state index in [1.807, 2.05) is 24.3 Å². The monoisotopic (exact) mass is 381 g/mol. The smallest absolute Gasteiger partial charge is 0.290 e. The van der Waals surface area contributed by atoms with E-state index in [-0.39, 0.29) is 18.4 Å². The number of nitrogens with two attached hydrogens (primary N) is 1. The first-order chi connectivity index (χ1) is 13.7. The number of hydrogen-bond acceptors (Lipinski definition) is 6. The molecule has 0 atom stereocenters. The lowest BCUT2D eigenvalue weighted by Crippen LogP contribution is -2.17. The van der Waals surface area contributed by atoms with Gasteiger partial charge in [0.05, 0.1) is 25.0 Å². The minimum atomic E-state index is -0.250. The van der Waals surface area contributed by atoms with Gasteiger partial charge in [0.25, 0.3) is 6.47 Å². The second kappa shape index (κ2) is 9.20. The van der Waals surface area contributed by atoms with Gasteiger partial charge in [-0.1, -0.05) is 18.2 Å². The minimum Gasteiger partial charge on any atom is -0.490 e. The summed E-state index contributed by atoms with van der Waals surface area (Å²) >= 11 is 0. The van der Waals surface area contributed by atoms with Crippen LogP contribution in [0.5, 0.6) is 5.75 Å². The number of fused-ring (bicyclic) bond motifs is 1. The van der Waals surface area contributed by atoms with E-state index in [4.69, 9.17) is 25.1 Å². The number of nitriles is 1. The second-order valence-corrected chi connectivity index (χ2v) is 6.71. The maximum atomic E-state index is 9.69. The van der Waals surface area contributed by atoms with Gasteiger partial charge in [-0.2, -0.15) is 5.26 Å². The van der Waals surface area contributed by atoms with E-state index in [1.165, 1.54) is 12.8 Å². The molecule has 2 aromatic rings. The summed E-state index contributed by atoms with van der Waals surface area (Å²) < 4.78 is 11.9. The van der Waals surface area contributed by atoms with E-state index >= 15 is 0 Å². The number of nitrogens with zero attached hydrogens (tertiary/aromatic N) is 2. The highest BCUT2D eigenvalue weighted by Crippen LogP contribution is 2.40. The number of nitrogen functional groups attached to an aromatic ring is 1. The molecule has 1 saturated carbocycles. The first-order valence-corrected chi connectivity index (χ1v) is 9.32. The SMILES string of the molecule is N#Cc1c(N)nc2c(c1-c1ccccc1OC1CCCC1)COCC2.O=CO. The van der Waals surface area contributed by atoms with Crippen molar-refractivity contribution >= 4 is 12.3 Å². The number of hydrogen-bond donors (Lipinski definition) is 2. The fraction of sp³-hybridized carbons (Fsp3) is 0.381. The summed E-state index contributed by atoms with van der Waals surface area (Å²) in [7, 11) is 0. The molecule has 1 aliphatic carbocycles. The Morgan fingerprint density at radius 2 is 2.04 bits per heavy atom. The summed E-state index contributed by atoms with van der Waals surface area (Å²) in [5.41, 5.74) is 10.1. The maximum absolute atomic E-state index is 9.69. The van der Waals surface area contributed by atoms with Crippen molar-refractivity contribution in [3.63, 3.8) is 0 Å². The maximum Gasteiger partial charge on any atom is 0.290 e. The van der Waals surface area contributed by atoms with Crippen LogP contribution in [0, 0.1) is 11.3 Å². The van der Waals surface area contributed by atoms with Crippen LogP contribution in [0.1, 0.15) is 42.5 Å². The largest absolute Gasteiger partial charge is 0.490 e. The molecule has 0 radical (unpaired) electrons. The zero-order valence-electron chi connectivity index (χ0n) is 15.6. The van der Waals surface area contributed by atoms with Crippen LogP contribution in [0.4, 0.5) is 5.82 Å². The van der Waals surface area contributed by atoms with Crippen LogP contribution in [0.2, 0.25) is 0 Å². The average Bonchev–Trinajstić information content (AvgIpc) is 3.21. The molecule has 146 valence electrons. The van der Waals surface area contributed by atoms with Crippen LogP contribution in [-0.4, -0.2) is 29.3 Å². The summed E-state index contributed by atoms with van der Waals surface area (Å²) in [4.78, 5) is 12.8. The van der Waals surface area contributed by atoms with Crippen molar-refractivity contribution < 1.29 is 19.4 Å². The predicted octanol–water partition coefficient (Wildman–Crippen LogP) is 3.30. The summed E-state index contributed by atoms with van der Waals surface area (Å²) in [6.07, 6.45) is 5.55. The average molecular weight is 381 g/mol. The van der Waals surface area contributed by atoms with Gasteiger partial charge in [0.2, 0.25) is 0 Å². The van der Waals surface area contributed by atoms with Crippen LogP contribution in [0.25, 0.3) is 11.1 Å². The molecule has 2 heterocycles. The minimum absolute atomic E-state index is 0.248. The molecular formula is C21H23N3O4. The van der Waals surface area contributed by atoms with Crippen molar-refractivity contribution in [1.29, 1.82) is 5.26 Å². The Morgan fingerprint density at radius 1 is 1.32 bits per heavy atom. The molecule has 7 nitrogen and oxygen atoms in total. The lowest BCUT2D eigenvalue weighted by Gasteiger charge is -2.23. The molecular weight excluding hydrogens is 358 g/mol. The molecule has 0 spiro atoms. The van der Waals surface area contributed by atoms with Crippen molar-refractivity contribution in [2.24, 2.45) is 0 Å². The van der Waals surface area contributed by atoms with Crippen LogP contribution in [-0.2, 0) is 22.6 Å². The van der Waals surface area contributed by atoms with Gasteiger partial charge < -0.3 is 20.3 Å². The molecule has 0 amide bonds. The lowest BCUT2D eigenvalue weighted by atomic mass is 9.92. The molecule has 7 heteroatoms. The Bertz CT molecular complexity index is 886. The highest BCUT2D eigenvalue weighted by atomic mass is 16.5. The van der Waals surface area contributed by atoms with Gasteiger partial charge in [-0.05, 0) is 31.7 Å². The molecule has 0 saturated heterocycles. The van der Waals surface area contributed by atoms with Crippen LogP contribution >= 0.6 is 0 Å². The van der Waals surface area contributed by atoms with Crippen LogP contribution in [0.15, 0.2) is 24.3 Å². The molecule has 2 aliphatic rings. The van der Waals surface area contributed by atoms with Gasteiger partial charge >= 0.3 is 0 Å². The predicted molar refractivity (Wildman–Crippen MR) is 104 cm³/mol. The van der Waals surface area contributed by atoms with Gasteiger partial charge in [0.15, 0.2) is 0 Å². The molecule has 4 rings (SSSR count). The number of ether oxygens (including phenoxy) is 2. The first-order valence-electron chi connectivity index (χ1n) is 9.32. The lowest BCUT2D eigenvalue weighted by molar-refractivity contribution is -0.122. The van der Waals surface area contributed by atoms with Gasteiger partial charge in [0.1, 0.15) is 23.2 Å². The first kappa shape index (κ1) is 19.6. The van der Waals surface area contributed by atoms with Crippen molar-refractivity contribution in [1.82, 2.24) is 4.98 Å². The fourth-order valence-electron chi connectivity index (χ4n) is 3.77. The Balaban J connectivity index is 0.000000706. The van der Waals surface area contributed by atoms with Gasteiger partial charge in [0, 0.05) is 23.1 Å². The second-order valence-electron chi connectivity index (χ2n) is 6.71. The fourth-order valence-corrected chi connectivity index (χ4v) is 3.77. The van der Waals surface area contributed by atoms with E-state index in [0.29, 0.717) is 25.2 Å².